The Hall–Kier alpha value is -1.72. The Bertz CT molecular complexity index is 595. The first-order chi connectivity index (χ1) is 9.76. The Kier molecular flexibility index (Phi) is 3.80. The number of nitrogens with zero attached hydrogens (tertiary/aromatic N) is 1. The number of hydrogen-bond acceptors (Lipinski definition) is 4. The zero-order valence-electron chi connectivity index (χ0n) is 11.4. The van der Waals surface area contributed by atoms with Gasteiger partial charge in [-0.2, -0.15) is 0 Å². The van der Waals surface area contributed by atoms with E-state index < -0.39 is 0 Å². The van der Waals surface area contributed by atoms with Crippen LogP contribution in [0.25, 0.3) is 0 Å². The molecule has 1 amide bonds. The molecule has 104 valence electrons. The molecule has 1 aliphatic rings. The topological polar surface area (TPSA) is 54.0 Å². The average Bonchev–Trinajstić information content (AvgIpc) is 2.89. The van der Waals surface area contributed by atoms with Crippen molar-refractivity contribution >= 4 is 22.4 Å². The number of rotatable bonds is 3. The number of carbonyl (C=O) groups excluding carboxylic acids is 1. The molecule has 0 aliphatic carbocycles. The van der Waals surface area contributed by atoms with Crippen LogP contribution < -0.4 is 10.6 Å². The van der Waals surface area contributed by atoms with Crippen LogP contribution in [-0.4, -0.2) is 17.4 Å². The molecule has 3 rings (SSSR count). The molecule has 0 bridgehead atoms. The standard InChI is InChI=1S/C15H17N3OS/c1-2-10-3-5-11(6-4-10)14(19)18-15-17-12-7-8-16-9-13(12)20-15/h3-6,16H,2,7-9H2,1H3,(H,17,18,19). The fraction of sp³-hybridized carbons (Fsp3) is 0.333. The molecule has 2 aromatic rings. The SMILES string of the molecule is CCc1ccc(C(=O)Nc2nc3c(s2)CNCC3)cc1. The molecule has 0 saturated heterocycles. The van der Waals surface area contributed by atoms with Gasteiger partial charge >= 0.3 is 0 Å². The molecule has 1 aromatic heterocycles. The van der Waals surface area contributed by atoms with E-state index in [-0.39, 0.29) is 5.91 Å². The molecular formula is C15H17N3OS. The lowest BCUT2D eigenvalue weighted by molar-refractivity contribution is 0.102. The van der Waals surface area contributed by atoms with E-state index in [0.29, 0.717) is 10.7 Å². The van der Waals surface area contributed by atoms with Crippen LogP contribution in [-0.2, 0) is 19.4 Å². The van der Waals surface area contributed by atoms with Crippen molar-refractivity contribution in [2.45, 2.75) is 26.3 Å². The second-order valence-electron chi connectivity index (χ2n) is 4.82. The fourth-order valence-electron chi connectivity index (χ4n) is 2.24. The Morgan fingerprint density at radius 3 is 2.90 bits per heavy atom. The number of aryl methyl sites for hydroxylation is 1. The summed E-state index contributed by atoms with van der Waals surface area (Å²) in [5.74, 6) is -0.0910. The predicted octanol–water partition coefficient (Wildman–Crippen LogP) is 2.60. The van der Waals surface area contributed by atoms with Gasteiger partial charge in [0.15, 0.2) is 5.13 Å². The zero-order chi connectivity index (χ0) is 13.9. The molecular weight excluding hydrogens is 270 g/mol. The number of fused-ring (bicyclic) bond motifs is 1. The van der Waals surface area contributed by atoms with Gasteiger partial charge in [-0.05, 0) is 24.1 Å². The number of aromatic nitrogens is 1. The Morgan fingerprint density at radius 1 is 1.40 bits per heavy atom. The zero-order valence-corrected chi connectivity index (χ0v) is 12.2. The molecule has 0 spiro atoms. The second-order valence-corrected chi connectivity index (χ2v) is 5.90. The molecule has 5 heteroatoms. The molecule has 1 aliphatic heterocycles. The summed E-state index contributed by atoms with van der Waals surface area (Å²) in [4.78, 5) is 17.9. The molecule has 0 fully saturated rings. The summed E-state index contributed by atoms with van der Waals surface area (Å²) >= 11 is 1.56. The van der Waals surface area contributed by atoms with Crippen molar-refractivity contribution in [2.24, 2.45) is 0 Å². The maximum atomic E-state index is 12.2. The largest absolute Gasteiger partial charge is 0.311 e. The van der Waals surface area contributed by atoms with Crippen molar-refractivity contribution in [3.8, 4) is 0 Å². The summed E-state index contributed by atoms with van der Waals surface area (Å²) < 4.78 is 0. The fourth-order valence-corrected chi connectivity index (χ4v) is 3.21. The smallest absolute Gasteiger partial charge is 0.257 e. The third-order valence-corrected chi connectivity index (χ3v) is 4.46. The lowest BCUT2D eigenvalue weighted by Crippen LogP contribution is -2.22. The average molecular weight is 287 g/mol. The minimum Gasteiger partial charge on any atom is -0.311 e. The van der Waals surface area contributed by atoms with Gasteiger partial charge in [0.1, 0.15) is 0 Å². The van der Waals surface area contributed by atoms with Crippen LogP contribution in [0, 0.1) is 0 Å². The van der Waals surface area contributed by atoms with Crippen molar-refractivity contribution < 1.29 is 4.79 Å². The minimum absolute atomic E-state index is 0.0910. The van der Waals surface area contributed by atoms with Crippen molar-refractivity contribution in [3.63, 3.8) is 0 Å². The molecule has 2 heterocycles. The van der Waals surface area contributed by atoms with Crippen LogP contribution in [0.15, 0.2) is 24.3 Å². The van der Waals surface area contributed by atoms with E-state index in [1.54, 1.807) is 11.3 Å². The van der Waals surface area contributed by atoms with Crippen LogP contribution in [0.5, 0.6) is 0 Å². The number of nitrogens with one attached hydrogen (secondary N) is 2. The molecule has 2 N–H and O–H groups in total. The second kappa shape index (κ2) is 5.73. The van der Waals surface area contributed by atoms with E-state index in [9.17, 15) is 4.79 Å². The van der Waals surface area contributed by atoms with Crippen LogP contribution in [0.4, 0.5) is 5.13 Å². The van der Waals surface area contributed by atoms with Gasteiger partial charge in [-0.15, -0.1) is 11.3 Å². The third-order valence-electron chi connectivity index (χ3n) is 3.45. The molecule has 1 aromatic carbocycles. The first kappa shape index (κ1) is 13.3. The Balaban J connectivity index is 1.73. The van der Waals surface area contributed by atoms with Crippen LogP contribution in [0.2, 0.25) is 0 Å². The van der Waals surface area contributed by atoms with Crippen molar-refractivity contribution in [2.75, 3.05) is 11.9 Å². The highest BCUT2D eigenvalue weighted by atomic mass is 32.1. The maximum absolute atomic E-state index is 12.2. The molecule has 0 atom stereocenters. The van der Waals surface area contributed by atoms with E-state index in [4.69, 9.17) is 0 Å². The molecule has 20 heavy (non-hydrogen) atoms. The summed E-state index contributed by atoms with van der Waals surface area (Å²) in [6.07, 6.45) is 1.92. The number of thiazole rings is 1. The van der Waals surface area contributed by atoms with Crippen molar-refractivity contribution in [1.29, 1.82) is 0 Å². The number of carbonyl (C=O) groups is 1. The summed E-state index contributed by atoms with van der Waals surface area (Å²) in [5.41, 5.74) is 3.02. The van der Waals surface area contributed by atoms with E-state index in [2.05, 4.69) is 22.5 Å². The molecule has 0 saturated carbocycles. The van der Waals surface area contributed by atoms with Crippen LogP contribution in [0.3, 0.4) is 0 Å². The normalized spacial score (nSPS) is 13.8. The van der Waals surface area contributed by atoms with Crippen LogP contribution in [0.1, 0.15) is 33.4 Å². The van der Waals surface area contributed by atoms with Gasteiger partial charge in [0.25, 0.3) is 5.91 Å². The summed E-state index contributed by atoms with van der Waals surface area (Å²) in [7, 11) is 0. The van der Waals surface area contributed by atoms with Crippen molar-refractivity contribution in [3.05, 3.63) is 46.0 Å². The number of hydrogen-bond donors (Lipinski definition) is 2. The monoisotopic (exact) mass is 287 g/mol. The van der Waals surface area contributed by atoms with E-state index in [1.807, 2.05) is 24.3 Å². The third kappa shape index (κ3) is 2.73. The maximum Gasteiger partial charge on any atom is 0.257 e. The highest BCUT2D eigenvalue weighted by Crippen LogP contribution is 2.25. The molecule has 4 nitrogen and oxygen atoms in total. The number of anilines is 1. The number of benzene rings is 1. The first-order valence-electron chi connectivity index (χ1n) is 6.86. The number of amides is 1. The van der Waals surface area contributed by atoms with Crippen LogP contribution >= 0.6 is 11.3 Å². The Labute approximate surface area is 122 Å². The van der Waals surface area contributed by atoms with E-state index in [0.717, 1.165) is 31.6 Å². The lowest BCUT2D eigenvalue weighted by Gasteiger charge is -2.09. The minimum atomic E-state index is -0.0910. The summed E-state index contributed by atoms with van der Waals surface area (Å²) in [6.45, 7) is 3.92. The van der Waals surface area contributed by atoms with E-state index >= 15 is 0 Å². The van der Waals surface area contributed by atoms with Gasteiger partial charge < -0.3 is 5.32 Å². The van der Waals surface area contributed by atoms with Gasteiger partial charge in [0, 0.05) is 30.0 Å². The molecule has 0 radical (unpaired) electrons. The van der Waals surface area contributed by atoms with Gasteiger partial charge in [0.2, 0.25) is 0 Å². The molecule has 0 unspecified atom stereocenters. The summed E-state index contributed by atoms with van der Waals surface area (Å²) in [5, 5.41) is 6.90. The van der Waals surface area contributed by atoms with Gasteiger partial charge in [-0.3, -0.25) is 10.1 Å². The van der Waals surface area contributed by atoms with Crippen molar-refractivity contribution in [1.82, 2.24) is 10.3 Å². The lowest BCUT2D eigenvalue weighted by atomic mass is 10.1. The van der Waals surface area contributed by atoms with Gasteiger partial charge in [-0.25, -0.2) is 4.98 Å². The Morgan fingerprint density at radius 2 is 2.20 bits per heavy atom. The van der Waals surface area contributed by atoms with Gasteiger partial charge in [0.05, 0.1) is 5.69 Å². The first-order valence-corrected chi connectivity index (χ1v) is 7.67. The quantitative estimate of drug-likeness (QED) is 0.912. The van der Waals surface area contributed by atoms with E-state index in [1.165, 1.54) is 10.4 Å². The van der Waals surface area contributed by atoms with Gasteiger partial charge in [-0.1, -0.05) is 19.1 Å². The highest BCUT2D eigenvalue weighted by Gasteiger charge is 2.16. The summed E-state index contributed by atoms with van der Waals surface area (Å²) in [6, 6.07) is 7.71. The highest BCUT2D eigenvalue weighted by molar-refractivity contribution is 7.15. The predicted molar refractivity (Wildman–Crippen MR) is 81.3 cm³/mol.